The molecule has 2 fully saturated rings. The van der Waals surface area contributed by atoms with E-state index in [4.69, 9.17) is 9.57 Å². The molecule has 0 radical (unpaired) electrons. The number of benzene rings is 2. The van der Waals surface area contributed by atoms with Crippen LogP contribution in [0.5, 0.6) is 0 Å². The van der Waals surface area contributed by atoms with Gasteiger partial charge in [-0.1, -0.05) is 36.4 Å². The van der Waals surface area contributed by atoms with Gasteiger partial charge in [0.2, 0.25) is 5.79 Å². The van der Waals surface area contributed by atoms with E-state index in [-0.39, 0.29) is 12.5 Å². The molecule has 134 valence electrons. The molecule has 2 heterocycles. The second-order valence-corrected chi connectivity index (χ2v) is 6.66. The van der Waals surface area contributed by atoms with Gasteiger partial charge < -0.3 is 25.2 Å². The summed E-state index contributed by atoms with van der Waals surface area (Å²) in [5, 5.41) is 41.9. The minimum atomic E-state index is -1.53. The smallest absolute Gasteiger partial charge is 0.218 e. The molecule has 2 aromatic carbocycles. The van der Waals surface area contributed by atoms with Crippen LogP contribution in [0, 0.1) is 0 Å². The van der Waals surface area contributed by atoms with Crippen molar-refractivity contribution in [2.45, 2.75) is 42.7 Å². The first-order valence-corrected chi connectivity index (χ1v) is 8.29. The van der Waals surface area contributed by atoms with Crippen molar-refractivity contribution in [3.05, 3.63) is 48.0 Å². The van der Waals surface area contributed by atoms with Gasteiger partial charge in [-0.25, -0.2) is 0 Å². The van der Waals surface area contributed by atoms with Crippen LogP contribution in [-0.2, 0) is 9.57 Å². The van der Waals surface area contributed by atoms with Crippen molar-refractivity contribution in [3.63, 3.8) is 0 Å². The van der Waals surface area contributed by atoms with Crippen LogP contribution < -0.4 is 5.48 Å². The summed E-state index contributed by atoms with van der Waals surface area (Å²) in [6.45, 7) is -0.489. The van der Waals surface area contributed by atoms with E-state index in [1.165, 1.54) is 0 Å². The largest absolute Gasteiger partial charge is 0.394 e. The van der Waals surface area contributed by atoms with Crippen LogP contribution in [0.25, 0.3) is 10.8 Å². The van der Waals surface area contributed by atoms with Gasteiger partial charge in [-0.05, 0) is 22.4 Å². The Morgan fingerprint density at radius 3 is 2.56 bits per heavy atom. The summed E-state index contributed by atoms with van der Waals surface area (Å²) in [6.07, 6.45) is -5.09. The Morgan fingerprint density at radius 1 is 1.04 bits per heavy atom. The summed E-state index contributed by atoms with van der Waals surface area (Å²) in [5.41, 5.74) is 3.80. The lowest BCUT2D eigenvalue weighted by Gasteiger charge is -2.45. The van der Waals surface area contributed by atoms with Crippen LogP contribution >= 0.6 is 0 Å². The highest BCUT2D eigenvalue weighted by Gasteiger charge is 2.58. The fourth-order valence-electron chi connectivity index (χ4n) is 3.61. The molecular formula is C18H21NO6. The van der Waals surface area contributed by atoms with Gasteiger partial charge in [0.05, 0.1) is 12.6 Å². The molecule has 0 saturated carbocycles. The molecular weight excluding hydrogens is 326 g/mol. The molecule has 1 spiro atoms. The molecule has 2 aliphatic rings. The van der Waals surface area contributed by atoms with Gasteiger partial charge in [0.15, 0.2) is 0 Å². The van der Waals surface area contributed by atoms with Crippen LogP contribution in [0.1, 0.15) is 18.0 Å². The number of aliphatic hydroxyl groups is 4. The van der Waals surface area contributed by atoms with Crippen LogP contribution in [0.2, 0.25) is 0 Å². The standard InChI is InChI=1S/C18H21NO6/c20-9-14-15(21)16(22)17(23)18(24-14)8-13(19-25-18)12-6-5-10-3-1-2-4-11(10)7-12/h1-7,13-17,19-23H,8-9H2. The fourth-order valence-corrected chi connectivity index (χ4v) is 3.61. The summed E-state index contributed by atoms with van der Waals surface area (Å²) in [5.74, 6) is -1.53. The number of nitrogens with one attached hydrogen (secondary N) is 1. The van der Waals surface area contributed by atoms with Crippen molar-refractivity contribution >= 4 is 10.8 Å². The van der Waals surface area contributed by atoms with Crippen molar-refractivity contribution < 1.29 is 30.0 Å². The van der Waals surface area contributed by atoms with Crippen molar-refractivity contribution in [2.75, 3.05) is 6.61 Å². The van der Waals surface area contributed by atoms with Crippen molar-refractivity contribution in [1.29, 1.82) is 0 Å². The summed E-state index contributed by atoms with van der Waals surface area (Å²) >= 11 is 0. The fraction of sp³-hybridized carbons (Fsp3) is 0.444. The third-order valence-electron chi connectivity index (χ3n) is 5.07. The van der Waals surface area contributed by atoms with E-state index in [1.807, 2.05) is 42.5 Å². The lowest BCUT2D eigenvalue weighted by atomic mass is 9.88. The number of rotatable bonds is 2. The second kappa shape index (κ2) is 6.30. The van der Waals surface area contributed by atoms with Crippen LogP contribution in [0.4, 0.5) is 0 Å². The second-order valence-electron chi connectivity index (χ2n) is 6.66. The van der Waals surface area contributed by atoms with E-state index >= 15 is 0 Å². The summed E-state index contributed by atoms with van der Waals surface area (Å²) < 4.78 is 5.62. The molecule has 2 saturated heterocycles. The molecule has 6 atom stereocenters. The highest BCUT2D eigenvalue weighted by molar-refractivity contribution is 5.83. The predicted molar refractivity (Wildman–Crippen MR) is 88.2 cm³/mol. The van der Waals surface area contributed by atoms with Crippen molar-refractivity contribution in [3.8, 4) is 0 Å². The zero-order valence-corrected chi connectivity index (χ0v) is 13.4. The van der Waals surface area contributed by atoms with Gasteiger partial charge in [-0.15, -0.1) is 0 Å². The Hall–Kier alpha value is -1.58. The predicted octanol–water partition coefficient (Wildman–Crippen LogP) is -0.0241. The molecule has 0 bridgehead atoms. The number of ether oxygens (including phenoxy) is 1. The number of aliphatic hydroxyl groups excluding tert-OH is 4. The molecule has 2 aliphatic heterocycles. The maximum atomic E-state index is 10.4. The maximum Gasteiger partial charge on any atom is 0.218 e. The van der Waals surface area contributed by atoms with Gasteiger partial charge >= 0.3 is 0 Å². The van der Waals surface area contributed by atoms with Gasteiger partial charge in [0, 0.05) is 6.42 Å². The molecule has 25 heavy (non-hydrogen) atoms. The number of fused-ring (bicyclic) bond motifs is 1. The Bertz CT molecular complexity index is 768. The first kappa shape index (κ1) is 16.9. The zero-order chi connectivity index (χ0) is 17.6. The summed E-state index contributed by atoms with van der Waals surface area (Å²) in [4.78, 5) is 5.52. The highest BCUT2D eigenvalue weighted by Crippen LogP contribution is 2.42. The van der Waals surface area contributed by atoms with E-state index in [2.05, 4.69) is 5.48 Å². The lowest BCUT2D eigenvalue weighted by molar-refractivity contribution is -0.360. The molecule has 5 N–H and O–H groups in total. The molecule has 0 aliphatic carbocycles. The van der Waals surface area contributed by atoms with Crippen molar-refractivity contribution in [2.24, 2.45) is 0 Å². The number of hydrogen-bond donors (Lipinski definition) is 5. The minimum Gasteiger partial charge on any atom is -0.394 e. The van der Waals surface area contributed by atoms with Gasteiger partial charge in [0.25, 0.3) is 0 Å². The normalized spacial score (nSPS) is 38.5. The zero-order valence-electron chi connectivity index (χ0n) is 13.4. The monoisotopic (exact) mass is 347 g/mol. The average Bonchev–Trinajstić information content (AvgIpc) is 3.08. The van der Waals surface area contributed by atoms with E-state index in [0.29, 0.717) is 0 Å². The van der Waals surface area contributed by atoms with Gasteiger partial charge in [-0.2, -0.15) is 5.48 Å². The SMILES string of the molecule is OCC1OC2(CC(c3ccc4ccccc4c3)NO2)C(O)C(O)C1O. The molecule has 0 amide bonds. The Kier molecular flexibility index (Phi) is 4.25. The molecule has 6 unspecified atom stereocenters. The Labute approximate surface area is 144 Å². The van der Waals surface area contributed by atoms with Crippen LogP contribution in [0.3, 0.4) is 0 Å². The van der Waals surface area contributed by atoms with E-state index in [1.54, 1.807) is 0 Å². The molecule has 2 aromatic rings. The molecule has 7 heteroatoms. The quantitative estimate of drug-likeness (QED) is 0.519. The van der Waals surface area contributed by atoms with Gasteiger partial charge in [-0.3, -0.25) is 4.84 Å². The third-order valence-corrected chi connectivity index (χ3v) is 5.07. The average molecular weight is 347 g/mol. The van der Waals surface area contributed by atoms with Crippen LogP contribution in [-0.4, -0.2) is 57.2 Å². The molecule has 0 aromatic heterocycles. The Morgan fingerprint density at radius 2 is 1.80 bits per heavy atom. The Balaban J connectivity index is 1.60. The van der Waals surface area contributed by atoms with E-state index in [0.717, 1.165) is 16.3 Å². The number of hydroxylamine groups is 1. The number of hydrogen-bond acceptors (Lipinski definition) is 7. The lowest BCUT2D eigenvalue weighted by Crippen LogP contribution is -2.65. The summed E-state index contributed by atoms with van der Waals surface area (Å²) in [7, 11) is 0. The topological polar surface area (TPSA) is 111 Å². The first-order valence-electron chi connectivity index (χ1n) is 8.29. The summed E-state index contributed by atoms with van der Waals surface area (Å²) in [6, 6.07) is 13.7. The first-order chi connectivity index (χ1) is 12.0. The maximum absolute atomic E-state index is 10.4. The van der Waals surface area contributed by atoms with E-state index < -0.39 is 36.8 Å². The highest BCUT2D eigenvalue weighted by atomic mass is 16.8. The van der Waals surface area contributed by atoms with Gasteiger partial charge in [0.1, 0.15) is 24.4 Å². The van der Waals surface area contributed by atoms with E-state index in [9.17, 15) is 20.4 Å². The minimum absolute atomic E-state index is 0.229. The van der Waals surface area contributed by atoms with Crippen molar-refractivity contribution in [1.82, 2.24) is 5.48 Å². The third kappa shape index (κ3) is 2.74. The molecule has 7 nitrogen and oxygen atoms in total. The molecule has 4 rings (SSSR count). The van der Waals surface area contributed by atoms with Crippen LogP contribution in [0.15, 0.2) is 42.5 Å².